The molecule has 0 aliphatic carbocycles. The lowest BCUT2D eigenvalue weighted by Crippen LogP contribution is -2.23. The second kappa shape index (κ2) is 8.80. The SMILES string of the molecule is CCOCC(=O)OCC(=O)Nc1cc(OC)ccc1OC. The summed E-state index contributed by atoms with van der Waals surface area (Å²) in [5.41, 5.74) is 0.433. The molecule has 21 heavy (non-hydrogen) atoms. The molecule has 0 saturated carbocycles. The number of anilines is 1. The topological polar surface area (TPSA) is 83.1 Å². The zero-order valence-electron chi connectivity index (χ0n) is 12.3. The van der Waals surface area contributed by atoms with Crippen LogP contribution in [0.2, 0.25) is 0 Å². The number of carbonyl (C=O) groups excluding carboxylic acids is 2. The first-order chi connectivity index (χ1) is 10.1. The Hall–Kier alpha value is -2.28. The highest BCUT2D eigenvalue weighted by molar-refractivity contribution is 5.94. The van der Waals surface area contributed by atoms with E-state index >= 15 is 0 Å². The Morgan fingerprint density at radius 2 is 1.90 bits per heavy atom. The Morgan fingerprint density at radius 1 is 1.14 bits per heavy atom. The average molecular weight is 297 g/mol. The first kappa shape index (κ1) is 16.8. The standard InChI is InChI=1S/C14H19NO6/c1-4-20-9-14(17)21-8-13(16)15-11-7-10(18-2)5-6-12(11)19-3/h5-7H,4,8-9H2,1-3H3,(H,15,16). The largest absolute Gasteiger partial charge is 0.497 e. The van der Waals surface area contributed by atoms with Gasteiger partial charge in [-0.3, -0.25) is 4.79 Å². The van der Waals surface area contributed by atoms with Gasteiger partial charge in [-0.2, -0.15) is 0 Å². The van der Waals surface area contributed by atoms with E-state index in [1.807, 2.05) is 0 Å². The molecule has 1 amide bonds. The number of hydrogen-bond acceptors (Lipinski definition) is 6. The van der Waals surface area contributed by atoms with Crippen LogP contribution in [0.1, 0.15) is 6.92 Å². The minimum absolute atomic E-state index is 0.174. The Labute approximate surface area is 123 Å². The minimum atomic E-state index is -0.593. The monoisotopic (exact) mass is 297 g/mol. The number of benzene rings is 1. The van der Waals surface area contributed by atoms with Crippen molar-refractivity contribution in [3.63, 3.8) is 0 Å². The molecule has 1 rings (SSSR count). The van der Waals surface area contributed by atoms with E-state index in [-0.39, 0.29) is 6.61 Å². The summed E-state index contributed by atoms with van der Waals surface area (Å²) in [6.07, 6.45) is 0. The van der Waals surface area contributed by atoms with Crippen LogP contribution in [-0.4, -0.2) is 45.9 Å². The van der Waals surface area contributed by atoms with Crippen molar-refractivity contribution < 1.29 is 28.5 Å². The lowest BCUT2D eigenvalue weighted by molar-refractivity contribution is -0.151. The first-order valence-corrected chi connectivity index (χ1v) is 6.36. The van der Waals surface area contributed by atoms with Gasteiger partial charge in [-0.15, -0.1) is 0 Å². The smallest absolute Gasteiger partial charge is 0.332 e. The summed E-state index contributed by atoms with van der Waals surface area (Å²) in [5, 5.41) is 2.59. The highest BCUT2D eigenvalue weighted by Gasteiger charge is 2.11. The number of ether oxygens (including phenoxy) is 4. The van der Waals surface area contributed by atoms with Crippen LogP contribution in [0.3, 0.4) is 0 Å². The fourth-order valence-corrected chi connectivity index (χ4v) is 1.47. The molecule has 0 heterocycles. The fraction of sp³-hybridized carbons (Fsp3) is 0.429. The molecule has 1 aromatic carbocycles. The van der Waals surface area contributed by atoms with Gasteiger partial charge in [0.05, 0.1) is 19.9 Å². The number of rotatable bonds is 8. The van der Waals surface area contributed by atoms with Gasteiger partial charge in [-0.05, 0) is 19.1 Å². The normalized spacial score (nSPS) is 9.86. The maximum Gasteiger partial charge on any atom is 0.332 e. The third-order valence-corrected chi connectivity index (χ3v) is 2.47. The third-order valence-electron chi connectivity index (χ3n) is 2.47. The molecule has 116 valence electrons. The number of amides is 1. The van der Waals surface area contributed by atoms with Gasteiger partial charge in [-0.25, -0.2) is 4.79 Å². The molecular weight excluding hydrogens is 278 g/mol. The van der Waals surface area contributed by atoms with Crippen molar-refractivity contribution in [2.24, 2.45) is 0 Å². The van der Waals surface area contributed by atoms with Crippen LogP contribution in [0.4, 0.5) is 5.69 Å². The molecule has 0 aliphatic rings. The van der Waals surface area contributed by atoms with Crippen molar-refractivity contribution in [3.05, 3.63) is 18.2 Å². The summed E-state index contributed by atoms with van der Waals surface area (Å²) < 4.78 is 19.8. The summed E-state index contributed by atoms with van der Waals surface area (Å²) >= 11 is 0. The van der Waals surface area contributed by atoms with E-state index in [9.17, 15) is 9.59 Å². The number of nitrogens with one attached hydrogen (secondary N) is 1. The Bertz CT molecular complexity index is 488. The van der Waals surface area contributed by atoms with E-state index in [1.165, 1.54) is 14.2 Å². The molecule has 7 heteroatoms. The molecule has 0 atom stereocenters. The summed E-state index contributed by atoms with van der Waals surface area (Å²) in [6.45, 7) is 1.59. The number of hydrogen-bond donors (Lipinski definition) is 1. The van der Waals surface area contributed by atoms with Crippen molar-refractivity contribution in [2.75, 3.05) is 39.4 Å². The quantitative estimate of drug-likeness (QED) is 0.726. The van der Waals surface area contributed by atoms with Crippen molar-refractivity contribution in [3.8, 4) is 11.5 Å². The second-order valence-electron chi connectivity index (χ2n) is 3.91. The van der Waals surface area contributed by atoms with E-state index in [2.05, 4.69) is 5.32 Å². The van der Waals surface area contributed by atoms with Crippen molar-refractivity contribution in [1.29, 1.82) is 0 Å². The van der Waals surface area contributed by atoms with Gasteiger partial charge in [0, 0.05) is 12.7 Å². The second-order valence-corrected chi connectivity index (χ2v) is 3.91. The van der Waals surface area contributed by atoms with Crippen LogP contribution >= 0.6 is 0 Å². The van der Waals surface area contributed by atoms with E-state index in [0.29, 0.717) is 23.8 Å². The molecule has 7 nitrogen and oxygen atoms in total. The zero-order chi connectivity index (χ0) is 15.7. The molecule has 0 radical (unpaired) electrons. The number of carbonyl (C=O) groups is 2. The lowest BCUT2D eigenvalue weighted by Gasteiger charge is -2.11. The highest BCUT2D eigenvalue weighted by Crippen LogP contribution is 2.28. The molecule has 0 saturated heterocycles. The summed E-state index contributed by atoms with van der Waals surface area (Å²) in [4.78, 5) is 22.9. The van der Waals surface area contributed by atoms with E-state index < -0.39 is 18.5 Å². The molecule has 1 N–H and O–H groups in total. The highest BCUT2D eigenvalue weighted by atomic mass is 16.6. The Kier molecular flexibility index (Phi) is 7.03. The average Bonchev–Trinajstić information content (AvgIpc) is 2.50. The molecule has 0 fully saturated rings. The van der Waals surface area contributed by atoms with Crippen molar-refractivity contribution >= 4 is 17.6 Å². The van der Waals surface area contributed by atoms with E-state index in [1.54, 1.807) is 25.1 Å². The summed E-state index contributed by atoms with van der Waals surface area (Å²) in [7, 11) is 3.00. The van der Waals surface area contributed by atoms with Gasteiger partial charge in [0.1, 0.15) is 18.1 Å². The van der Waals surface area contributed by atoms with Crippen LogP contribution in [0.15, 0.2) is 18.2 Å². The molecular formula is C14H19NO6. The van der Waals surface area contributed by atoms with E-state index in [0.717, 1.165) is 0 Å². The third kappa shape index (κ3) is 5.70. The Morgan fingerprint density at radius 3 is 2.52 bits per heavy atom. The first-order valence-electron chi connectivity index (χ1n) is 6.36. The van der Waals surface area contributed by atoms with Crippen molar-refractivity contribution in [1.82, 2.24) is 0 Å². The number of esters is 1. The van der Waals surface area contributed by atoms with Gasteiger partial charge in [0.15, 0.2) is 6.61 Å². The molecule has 0 unspecified atom stereocenters. The van der Waals surface area contributed by atoms with Gasteiger partial charge in [0.2, 0.25) is 0 Å². The molecule has 0 bridgehead atoms. The van der Waals surface area contributed by atoms with Gasteiger partial charge in [-0.1, -0.05) is 0 Å². The van der Waals surface area contributed by atoms with Gasteiger partial charge >= 0.3 is 5.97 Å². The predicted octanol–water partition coefficient (Wildman–Crippen LogP) is 1.22. The zero-order valence-corrected chi connectivity index (χ0v) is 12.3. The molecule has 0 aromatic heterocycles. The van der Waals surface area contributed by atoms with E-state index in [4.69, 9.17) is 18.9 Å². The Balaban J connectivity index is 2.56. The fourth-order valence-electron chi connectivity index (χ4n) is 1.47. The van der Waals surface area contributed by atoms with Crippen LogP contribution < -0.4 is 14.8 Å². The summed E-state index contributed by atoms with van der Waals surface area (Å²) in [5.74, 6) is -0.0276. The van der Waals surface area contributed by atoms with Crippen molar-refractivity contribution in [2.45, 2.75) is 6.92 Å². The maximum atomic E-state index is 11.7. The van der Waals surface area contributed by atoms with Crippen LogP contribution in [0.25, 0.3) is 0 Å². The lowest BCUT2D eigenvalue weighted by atomic mass is 10.2. The number of methoxy groups -OCH3 is 2. The molecule has 0 spiro atoms. The minimum Gasteiger partial charge on any atom is -0.497 e. The maximum absolute atomic E-state index is 11.7. The summed E-state index contributed by atoms with van der Waals surface area (Å²) in [6, 6.07) is 4.98. The van der Waals surface area contributed by atoms with Crippen LogP contribution in [0.5, 0.6) is 11.5 Å². The predicted molar refractivity (Wildman–Crippen MR) is 75.6 cm³/mol. The molecule has 0 aliphatic heterocycles. The van der Waals surface area contributed by atoms with Crippen LogP contribution in [-0.2, 0) is 19.1 Å². The van der Waals surface area contributed by atoms with Gasteiger partial charge in [0.25, 0.3) is 5.91 Å². The van der Waals surface area contributed by atoms with Crippen LogP contribution in [0, 0.1) is 0 Å². The molecule has 1 aromatic rings. The van der Waals surface area contributed by atoms with Gasteiger partial charge < -0.3 is 24.3 Å².